The van der Waals surface area contributed by atoms with E-state index in [1.54, 1.807) is 4.90 Å². The molecule has 0 bridgehead atoms. The first-order valence-electron chi connectivity index (χ1n) is 8.76. The lowest BCUT2D eigenvalue weighted by molar-refractivity contribution is -0.123. The number of carbonyl (C=O) groups is 2. The van der Waals surface area contributed by atoms with Crippen molar-refractivity contribution >= 4 is 17.5 Å². The van der Waals surface area contributed by atoms with E-state index in [2.05, 4.69) is 5.32 Å². The molecule has 0 spiro atoms. The van der Waals surface area contributed by atoms with E-state index in [9.17, 15) is 14.0 Å². The summed E-state index contributed by atoms with van der Waals surface area (Å²) in [6, 6.07) is 12.4. The van der Waals surface area contributed by atoms with Crippen molar-refractivity contribution in [1.82, 2.24) is 5.32 Å². The second-order valence-corrected chi connectivity index (χ2v) is 6.14. The lowest BCUT2D eigenvalue weighted by Crippen LogP contribution is -2.39. The zero-order chi connectivity index (χ0) is 19.2. The molecule has 0 aromatic heterocycles. The Kier molecular flexibility index (Phi) is 5.90. The summed E-state index contributed by atoms with van der Waals surface area (Å²) in [4.78, 5) is 26.0. The Bertz CT molecular complexity index is 793. The van der Waals surface area contributed by atoms with Crippen LogP contribution in [0.4, 0.5) is 10.1 Å². The molecule has 1 fully saturated rings. The van der Waals surface area contributed by atoms with Crippen molar-refractivity contribution in [2.24, 2.45) is 0 Å². The SMILES string of the molecule is CCOc1ccc(N2C[C@H](NC(=O)COc3ccc(F)cc3)CC2=O)cc1. The van der Waals surface area contributed by atoms with Gasteiger partial charge in [0.1, 0.15) is 17.3 Å². The minimum atomic E-state index is -0.370. The van der Waals surface area contributed by atoms with Crippen molar-refractivity contribution in [3.8, 4) is 11.5 Å². The van der Waals surface area contributed by atoms with Gasteiger partial charge >= 0.3 is 0 Å². The third-order valence-electron chi connectivity index (χ3n) is 4.13. The van der Waals surface area contributed by atoms with Crippen molar-refractivity contribution in [2.75, 3.05) is 24.7 Å². The molecule has 6 nitrogen and oxygen atoms in total. The molecule has 0 aliphatic carbocycles. The molecule has 1 N–H and O–H groups in total. The van der Waals surface area contributed by atoms with Crippen LogP contribution >= 0.6 is 0 Å². The van der Waals surface area contributed by atoms with Crippen molar-refractivity contribution in [3.63, 3.8) is 0 Å². The average molecular weight is 372 g/mol. The van der Waals surface area contributed by atoms with Crippen LogP contribution in [0.15, 0.2) is 48.5 Å². The molecule has 1 aliphatic rings. The molecule has 142 valence electrons. The smallest absolute Gasteiger partial charge is 0.258 e. The number of anilines is 1. The van der Waals surface area contributed by atoms with Gasteiger partial charge in [0.25, 0.3) is 5.91 Å². The largest absolute Gasteiger partial charge is 0.494 e. The quantitative estimate of drug-likeness (QED) is 0.811. The Hall–Kier alpha value is -3.09. The first kappa shape index (κ1) is 18.7. The van der Waals surface area contributed by atoms with Crippen LogP contribution in [0.1, 0.15) is 13.3 Å². The van der Waals surface area contributed by atoms with Crippen LogP contribution in [0.2, 0.25) is 0 Å². The highest BCUT2D eigenvalue weighted by Crippen LogP contribution is 2.24. The van der Waals surface area contributed by atoms with Gasteiger partial charge in [0, 0.05) is 18.7 Å². The zero-order valence-electron chi connectivity index (χ0n) is 15.0. The minimum Gasteiger partial charge on any atom is -0.494 e. The standard InChI is InChI=1S/C20H21FN2O4/c1-2-26-17-9-5-16(6-10-17)23-12-15(11-20(23)25)22-19(24)13-27-18-7-3-14(21)4-8-18/h3-10,15H,2,11-13H2,1H3,(H,22,24)/t15-/m1/s1. The molecule has 2 amide bonds. The number of nitrogens with one attached hydrogen (secondary N) is 1. The molecular formula is C20H21FN2O4. The average Bonchev–Trinajstić information content (AvgIpc) is 3.02. The van der Waals surface area contributed by atoms with E-state index in [0.717, 1.165) is 11.4 Å². The van der Waals surface area contributed by atoms with Crippen LogP contribution in [-0.4, -0.2) is 37.6 Å². The molecule has 3 rings (SSSR count). The molecule has 0 unspecified atom stereocenters. The fourth-order valence-corrected chi connectivity index (χ4v) is 2.89. The summed E-state index contributed by atoms with van der Waals surface area (Å²) in [6.45, 7) is 2.69. The van der Waals surface area contributed by atoms with Crippen LogP contribution < -0.4 is 19.7 Å². The molecule has 1 aliphatic heterocycles. The summed E-state index contributed by atoms with van der Waals surface area (Å²) in [6.07, 6.45) is 0.232. The summed E-state index contributed by atoms with van der Waals surface area (Å²) in [5.41, 5.74) is 0.766. The van der Waals surface area contributed by atoms with Gasteiger partial charge in [-0.2, -0.15) is 0 Å². The highest BCUT2D eigenvalue weighted by molar-refractivity contribution is 5.97. The Morgan fingerprint density at radius 3 is 2.41 bits per heavy atom. The second-order valence-electron chi connectivity index (χ2n) is 6.14. The summed E-state index contributed by atoms with van der Waals surface area (Å²) < 4.78 is 23.6. The Morgan fingerprint density at radius 1 is 1.11 bits per heavy atom. The monoisotopic (exact) mass is 372 g/mol. The number of nitrogens with zero attached hydrogens (tertiary/aromatic N) is 1. The molecule has 2 aromatic rings. The molecule has 0 radical (unpaired) electrons. The van der Waals surface area contributed by atoms with Gasteiger partial charge in [0.2, 0.25) is 5.91 Å². The minimum absolute atomic E-state index is 0.0519. The fraction of sp³-hybridized carbons (Fsp3) is 0.300. The van der Waals surface area contributed by atoms with Gasteiger partial charge in [-0.1, -0.05) is 0 Å². The number of hydrogen-bond donors (Lipinski definition) is 1. The lowest BCUT2D eigenvalue weighted by atomic mass is 10.2. The van der Waals surface area contributed by atoms with Gasteiger partial charge in [-0.15, -0.1) is 0 Å². The van der Waals surface area contributed by atoms with Gasteiger partial charge in [0.15, 0.2) is 6.61 Å². The van der Waals surface area contributed by atoms with Gasteiger partial charge < -0.3 is 19.7 Å². The van der Waals surface area contributed by atoms with Crippen LogP contribution in [-0.2, 0) is 9.59 Å². The maximum atomic E-state index is 12.9. The van der Waals surface area contributed by atoms with Gasteiger partial charge in [-0.3, -0.25) is 9.59 Å². The van der Waals surface area contributed by atoms with Gasteiger partial charge in [-0.05, 0) is 55.5 Å². The van der Waals surface area contributed by atoms with E-state index >= 15 is 0 Å². The summed E-state index contributed by atoms with van der Waals surface area (Å²) in [5.74, 6) is 0.404. The number of halogens is 1. The Morgan fingerprint density at radius 2 is 1.74 bits per heavy atom. The van der Waals surface area contributed by atoms with E-state index in [0.29, 0.717) is 18.9 Å². The lowest BCUT2D eigenvalue weighted by Gasteiger charge is -2.18. The molecule has 0 saturated carbocycles. The summed E-state index contributed by atoms with van der Waals surface area (Å²) in [5, 5.41) is 2.80. The zero-order valence-corrected chi connectivity index (χ0v) is 15.0. The maximum absolute atomic E-state index is 12.9. The van der Waals surface area contributed by atoms with E-state index in [4.69, 9.17) is 9.47 Å². The summed E-state index contributed by atoms with van der Waals surface area (Å²) >= 11 is 0. The molecule has 1 atom stereocenters. The number of benzene rings is 2. The van der Waals surface area contributed by atoms with Crippen molar-refractivity contribution in [1.29, 1.82) is 0 Å². The Balaban J connectivity index is 1.50. The number of carbonyl (C=O) groups excluding carboxylic acids is 2. The van der Waals surface area contributed by atoms with Crippen LogP contribution in [0, 0.1) is 5.82 Å². The summed E-state index contributed by atoms with van der Waals surface area (Å²) in [7, 11) is 0. The number of amides is 2. The van der Waals surface area contributed by atoms with Crippen LogP contribution in [0.5, 0.6) is 11.5 Å². The van der Waals surface area contributed by atoms with Crippen molar-refractivity contribution in [3.05, 3.63) is 54.3 Å². The number of hydrogen-bond acceptors (Lipinski definition) is 4. The highest BCUT2D eigenvalue weighted by Gasteiger charge is 2.31. The third kappa shape index (κ3) is 4.97. The normalized spacial score (nSPS) is 16.3. The van der Waals surface area contributed by atoms with Crippen molar-refractivity contribution < 1.29 is 23.5 Å². The van der Waals surface area contributed by atoms with Gasteiger partial charge in [0.05, 0.1) is 12.6 Å². The highest BCUT2D eigenvalue weighted by atomic mass is 19.1. The molecular weight excluding hydrogens is 351 g/mol. The molecule has 1 saturated heterocycles. The van der Waals surface area contributed by atoms with E-state index in [1.807, 2.05) is 31.2 Å². The molecule has 1 heterocycles. The van der Waals surface area contributed by atoms with Crippen LogP contribution in [0.25, 0.3) is 0 Å². The predicted octanol–water partition coefficient (Wildman–Crippen LogP) is 2.52. The third-order valence-corrected chi connectivity index (χ3v) is 4.13. The maximum Gasteiger partial charge on any atom is 0.258 e. The Labute approximate surface area is 156 Å². The number of ether oxygens (including phenoxy) is 2. The van der Waals surface area contributed by atoms with Crippen molar-refractivity contribution in [2.45, 2.75) is 19.4 Å². The predicted molar refractivity (Wildman–Crippen MR) is 98.4 cm³/mol. The molecule has 2 aromatic carbocycles. The number of rotatable bonds is 7. The van der Waals surface area contributed by atoms with E-state index < -0.39 is 0 Å². The van der Waals surface area contributed by atoms with Gasteiger partial charge in [-0.25, -0.2) is 4.39 Å². The first-order valence-corrected chi connectivity index (χ1v) is 8.76. The van der Waals surface area contributed by atoms with Crippen LogP contribution in [0.3, 0.4) is 0 Å². The molecule has 27 heavy (non-hydrogen) atoms. The topological polar surface area (TPSA) is 67.9 Å². The molecule has 7 heteroatoms. The fourth-order valence-electron chi connectivity index (χ4n) is 2.89. The second kappa shape index (κ2) is 8.53. The van der Waals surface area contributed by atoms with E-state index in [-0.39, 0.29) is 36.7 Å². The first-order chi connectivity index (χ1) is 13.0. The van der Waals surface area contributed by atoms with E-state index in [1.165, 1.54) is 24.3 Å².